The van der Waals surface area contributed by atoms with Gasteiger partial charge in [-0.2, -0.15) is 0 Å². The first-order valence-corrected chi connectivity index (χ1v) is 22.9. The zero-order chi connectivity index (χ0) is 36.8. The van der Waals surface area contributed by atoms with Crippen LogP contribution in [-0.2, 0) is 14.6 Å². The summed E-state index contributed by atoms with van der Waals surface area (Å²) in [7, 11) is -2.92. The number of piperidine rings is 1. The number of nitrogens with one attached hydrogen (secondary N) is 1. The van der Waals surface area contributed by atoms with Crippen LogP contribution >= 0.6 is 0 Å². The third-order valence-electron chi connectivity index (χ3n) is 16.5. The monoisotopic (exact) mass is 725 g/mol. The van der Waals surface area contributed by atoms with Crippen molar-refractivity contribution in [3.05, 3.63) is 36.0 Å². The van der Waals surface area contributed by atoms with Gasteiger partial charge in [-0.25, -0.2) is 8.42 Å². The third-order valence-corrected chi connectivity index (χ3v) is 18.1. The Morgan fingerprint density at radius 3 is 2.31 bits per heavy atom. The van der Waals surface area contributed by atoms with Gasteiger partial charge in [0.25, 0.3) is 0 Å². The van der Waals surface area contributed by atoms with Crippen molar-refractivity contribution < 1.29 is 18.3 Å². The Balaban J connectivity index is 0.00000144. The van der Waals surface area contributed by atoms with Gasteiger partial charge >= 0.3 is 5.97 Å². The van der Waals surface area contributed by atoms with Gasteiger partial charge in [0.1, 0.15) is 9.84 Å². The maximum Gasteiger partial charge on any atom is 0.303 e. The Bertz CT molecular complexity index is 1460. The van der Waals surface area contributed by atoms with E-state index < -0.39 is 15.8 Å². The summed E-state index contributed by atoms with van der Waals surface area (Å²) in [6.07, 6.45) is 26.7. The van der Waals surface area contributed by atoms with E-state index in [1.54, 1.807) is 11.6 Å². The Morgan fingerprint density at radius 1 is 0.941 bits per heavy atom. The summed E-state index contributed by atoms with van der Waals surface area (Å²) in [5.41, 5.74) is 4.37. The number of hydrogen-bond donors (Lipinski definition) is 2. The quantitative estimate of drug-likeness (QED) is 0.243. The van der Waals surface area contributed by atoms with Gasteiger partial charge in [0.2, 0.25) is 0 Å². The molecule has 51 heavy (non-hydrogen) atoms. The van der Waals surface area contributed by atoms with Crippen LogP contribution in [0.5, 0.6) is 0 Å². The molecule has 7 heteroatoms. The minimum absolute atomic E-state index is 0.143. The lowest BCUT2D eigenvalue weighted by Crippen LogP contribution is -2.64. The highest BCUT2D eigenvalue weighted by molar-refractivity contribution is 7.91. The molecule has 6 aliphatic carbocycles. The van der Waals surface area contributed by atoms with Gasteiger partial charge in [-0.1, -0.05) is 52.3 Å². The number of carboxylic acid groups (broad SMARTS) is 1. The van der Waals surface area contributed by atoms with E-state index in [0.717, 1.165) is 82.0 Å². The minimum atomic E-state index is -2.92. The molecule has 0 bridgehead atoms. The van der Waals surface area contributed by atoms with Crippen molar-refractivity contribution in [2.45, 2.75) is 148 Å². The fourth-order valence-corrected chi connectivity index (χ4v) is 15.3. The Kier molecular flexibility index (Phi) is 11.6. The molecule has 5 fully saturated rings. The van der Waals surface area contributed by atoms with E-state index in [1.165, 1.54) is 76.0 Å². The molecule has 1 saturated heterocycles. The second-order valence-electron chi connectivity index (χ2n) is 19.4. The molecule has 1 aliphatic heterocycles. The molecule has 0 aromatic carbocycles. The first-order chi connectivity index (χ1) is 24.1. The van der Waals surface area contributed by atoms with E-state index in [-0.39, 0.29) is 10.7 Å². The van der Waals surface area contributed by atoms with Gasteiger partial charge in [0.15, 0.2) is 0 Å². The molecular formula is C44H72N2O4S. The fraction of sp³-hybridized carbons (Fsp3) is 0.841. The molecule has 0 aromatic heterocycles. The van der Waals surface area contributed by atoms with Crippen LogP contribution in [0.2, 0.25) is 0 Å². The van der Waals surface area contributed by atoms with E-state index in [4.69, 9.17) is 0 Å². The zero-order valence-corrected chi connectivity index (χ0v) is 34.0. The van der Waals surface area contributed by atoms with E-state index in [1.807, 2.05) is 6.92 Å². The Hall–Kier alpha value is -1.44. The molecule has 0 amide bonds. The lowest BCUT2D eigenvalue weighted by atomic mass is 9.37. The van der Waals surface area contributed by atoms with Gasteiger partial charge in [-0.05, 0) is 173 Å². The number of sulfone groups is 1. The molecule has 0 radical (unpaired) electrons. The third kappa shape index (κ3) is 7.36. The molecule has 7 aliphatic rings. The van der Waals surface area contributed by atoms with Crippen molar-refractivity contribution in [2.24, 2.45) is 51.8 Å². The molecule has 4 saturated carbocycles. The van der Waals surface area contributed by atoms with Crippen molar-refractivity contribution in [3.8, 4) is 0 Å². The van der Waals surface area contributed by atoms with Crippen LogP contribution < -0.4 is 5.32 Å². The SMILES string of the molecule is C=CC.CC1(C)C(C2=CCC(CC(=O)O)CC2)=CCC2(C)C1CCC1(C)C3CCC4(NCCN5CCC(S(C)(=O)=O)CC5)CCC[C@@H]4C3CCC12. The van der Waals surface area contributed by atoms with Gasteiger partial charge in [0, 0.05) is 31.3 Å². The molecule has 7 rings (SSSR count). The number of aliphatic carboxylic acids is 1. The van der Waals surface area contributed by atoms with Crippen LogP contribution in [0.15, 0.2) is 36.0 Å². The second kappa shape index (κ2) is 15.0. The average Bonchev–Trinajstić information content (AvgIpc) is 3.49. The van der Waals surface area contributed by atoms with Gasteiger partial charge in [-0.3, -0.25) is 4.79 Å². The topological polar surface area (TPSA) is 86.7 Å². The lowest BCUT2D eigenvalue weighted by molar-refractivity contribution is -0.175. The summed E-state index contributed by atoms with van der Waals surface area (Å²) in [4.78, 5) is 13.8. The summed E-state index contributed by atoms with van der Waals surface area (Å²) >= 11 is 0. The summed E-state index contributed by atoms with van der Waals surface area (Å²) in [5.74, 6) is 3.66. The number of fused-ring (bicyclic) bond motifs is 7. The highest BCUT2D eigenvalue weighted by Crippen LogP contribution is 2.72. The Morgan fingerprint density at radius 2 is 1.67 bits per heavy atom. The van der Waals surface area contributed by atoms with Crippen LogP contribution in [0, 0.1) is 51.8 Å². The normalized spacial score (nSPS) is 41.0. The first-order valence-electron chi connectivity index (χ1n) is 20.9. The maximum absolute atomic E-state index is 12.0. The number of carbonyl (C=O) groups is 1. The number of carboxylic acids is 1. The highest BCUT2D eigenvalue weighted by atomic mass is 32.2. The second-order valence-corrected chi connectivity index (χ2v) is 21.7. The van der Waals surface area contributed by atoms with Crippen molar-refractivity contribution >= 4 is 15.8 Å². The molecule has 1 heterocycles. The summed E-state index contributed by atoms with van der Waals surface area (Å²) in [5, 5.41) is 13.4. The zero-order valence-electron chi connectivity index (χ0n) is 33.2. The van der Waals surface area contributed by atoms with E-state index in [0.29, 0.717) is 34.6 Å². The molecule has 0 aromatic rings. The van der Waals surface area contributed by atoms with Crippen molar-refractivity contribution in [1.29, 1.82) is 0 Å². The maximum atomic E-state index is 12.0. The largest absolute Gasteiger partial charge is 0.481 e. The number of hydrogen-bond acceptors (Lipinski definition) is 5. The Labute approximate surface area is 311 Å². The molecule has 288 valence electrons. The summed E-state index contributed by atoms with van der Waals surface area (Å²) in [6.45, 7) is 19.7. The van der Waals surface area contributed by atoms with Gasteiger partial charge in [-0.15, -0.1) is 6.58 Å². The van der Waals surface area contributed by atoms with Gasteiger partial charge < -0.3 is 15.3 Å². The van der Waals surface area contributed by atoms with Crippen LogP contribution in [0.4, 0.5) is 0 Å². The summed E-state index contributed by atoms with van der Waals surface area (Å²) < 4.78 is 24.1. The molecular weight excluding hydrogens is 653 g/mol. The standard InChI is InChI=1S/C41H66N2O4S.C3H6/c1-38(2)32(29-10-8-28(9-11-29)27-37(44)45)14-20-40(4)35(38)16-21-39(3)33-15-22-41(19-6-7-34(41)31(33)12-13-36(39)40)42-23-26-43-24-17-30(18-25-43)48(5,46)47;1-3-2/h10,14,28,30-31,33-36,42H,6-9,11-13,15-27H2,1-5H3,(H,44,45);3H,1H2,2H3/t28?,31?,33?,34-,35?,36?,39?,40?,41?;/m1./s1. The van der Waals surface area contributed by atoms with Crippen molar-refractivity contribution in [2.75, 3.05) is 32.4 Å². The van der Waals surface area contributed by atoms with E-state index >= 15 is 0 Å². The van der Waals surface area contributed by atoms with Crippen LogP contribution in [0.3, 0.4) is 0 Å². The van der Waals surface area contributed by atoms with Crippen LogP contribution in [-0.4, -0.2) is 67.6 Å². The van der Waals surface area contributed by atoms with Crippen LogP contribution in [0.1, 0.15) is 137 Å². The van der Waals surface area contributed by atoms with Crippen molar-refractivity contribution in [1.82, 2.24) is 10.2 Å². The predicted octanol–water partition coefficient (Wildman–Crippen LogP) is 9.23. The molecule has 2 N–H and O–H groups in total. The number of nitrogens with zero attached hydrogens (tertiary/aromatic N) is 1. The molecule has 6 nitrogen and oxygen atoms in total. The highest BCUT2D eigenvalue weighted by Gasteiger charge is 2.65. The summed E-state index contributed by atoms with van der Waals surface area (Å²) in [6, 6.07) is 0. The average molecular weight is 725 g/mol. The molecule has 8 unspecified atom stereocenters. The number of allylic oxidation sites excluding steroid dienone is 5. The number of likely N-dealkylation sites (tertiary alicyclic amines) is 1. The smallest absolute Gasteiger partial charge is 0.303 e. The lowest BCUT2D eigenvalue weighted by Gasteiger charge is -2.68. The molecule has 0 spiro atoms. The minimum Gasteiger partial charge on any atom is -0.481 e. The van der Waals surface area contributed by atoms with Crippen molar-refractivity contribution in [3.63, 3.8) is 0 Å². The van der Waals surface area contributed by atoms with Gasteiger partial charge in [0.05, 0.1) is 5.25 Å². The van der Waals surface area contributed by atoms with E-state index in [9.17, 15) is 18.3 Å². The fourth-order valence-electron chi connectivity index (χ4n) is 14.3. The predicted molar refractivity (Wildman–Crippen MR) is 210 cm³/mol. The first kappa shape index (κ1) is 39.3. The number of rotatable bonds is 8. The van der Waals surface area contributed by atoms with E-state index in [2.05, 4.69) is 56.6 Å². The van der Waals surface area contributed by atoms with Crippen LogP contribution in [0.25, 0.3) is 0 Å². The molecule has 9 atom stereocenters.